The summed E-state index contributed by atoms with van der Waals surface area (Å²) >= 11 is 0. The maximum absolute atomic E-state index is 12.1. The first kappa shape index (κ1) is 22.7. The van der Waals surface area contributed by atoms with Crippen LogP contribution in [0.4, 0.5) is 4.79 Å². The number of alkyl carbamates (subject to hydrolysis) is 1. The van der Waals surface area contributed by atoms with E-state index in [-0.39, 0.29) is 17.7 Å². The van der Waals surface area contributed by atoms with Gasteiger partial charge in [-0.05, 0) is 42.5 Å². The van der Waals surface area contributed by atoms with Gasteiger partial charge in [0.2, 0.25) is 0 Å². The number of hydrogen-bond acceptors (Lipinski definition) is 5. The predicted molar refractivity (Wildman–Crippen MR) is 103 cm³/mol. The Morgan fingerprint density at radius 2 is 1.88 bits per heavy atom. The fraction of sp³-hybridized carbons (Fsp3) is 0.778. The van der Waals surface area contributed by atoms with Gasteiger partial charge in [0.25, 0.3) is 5.91 Å². The van der Waals surface area contributed by atoms with Crippen molar-refractivity contribution < 1.29 is 23.6 Å². The Balaban J connectivity index is 2.62. The second-order valence-electron chi connectivity index (χ2n) is 8.27. The van der Waals surface area contributed by atoms with Crippen molar-refractivity contribution in [2.24, 2.45) is 5.92 Å². The summed E-state index contributed by atoms with van der Waals surface area (Å²) in [5.41, 5.74) is 0.959. The smallest absolute Gasteiger partial charge is 0.408 e. The van der Waals surface area contributed by atoms with Crippen molar-refractivity contribution in [1.82, 2.24) is 10.4 Å². The lowest BCUT2D eigenvalue weighted by molar-refractivity contribution is -0.171. The van der Waals surface area contributed by atoms with Crippen molar-refractivity contribution in [3.8, 4) is 0 Å². The number of nitrogens with one attached hydrogen (secondary N) is 1. The highest BCUT2D eigenvalue weighted by molar-refractivity contribution is 6.74. The summed E-state index contributed by atoms with van der Waals surface area (Å²) in [6.07, 6.45) is 1.51. The molecule has 0 heterocycles. The molecule has 1 atom stereocenters. The molecular formula is C18H34N2O5Si. The lowest BCUT2D eigenvalue weighted by Crippen LogP contribution is -2.47. The zero-order valence-corrected chi connectivity index (χ0v) is 18.2. The third kappa shape index (κ3) is 6.73. The van der Waals surface area contributed by atoms with E-state index in [0.29, 0.717) is 12.5 Å². The number of amides is 2. The number of likely N-dealkylation sites (N-methyl/N-ethyl adjacent to an activating group) is 1. The van der Waals surface area contributed by atoms with E-state index in [9.17, 15) is 9.59 Å². The van der Waals surface area contributed by atoms with Crippen LogP contribution in [0, 0.1) is 5.92 Å². The summed E-state index contributed by atoms with van der Waals surface area (Å²) in [6.45, 7) is 15.0. The summed E-state index contributed by atoms with van der Waals surface area (Å²) < 4.78 is 11.3. The van der Waals surface area contributed by atoms with Gasteiger partial charge in [-0.3, -0.25) is 9.63 Å². The summed E-state index contributed by atoms with van der Waals surface area (Å²) in [4.78, 5) is 28.5. The van der Waals surface area contributed by atoms with Crippen molar-refractivity contribution in [2.75, 3.05) is 27.4 Å². The first-order chi connectivity index (χ1) is 11.9. The number of carbonyl (C=O) groups excluding carboxylic acids is 2. The number of hydroxylamine groups is 2. The monoisotopic (exact) mass is 386 g/mol. The van der Waals surface area contributed by atoms with E-state index in [1.807, 2.05) is 0 Å². The Bertz CT molecular complexity index is 526. The number of ether oxygens (including phenoxy) is 1. The lowest BCUT2D eigenvalue weighted by Gasteiger charge is -2.37. The normalized spacial score (nSPS) is 16.0. The Labute approximate surface area is 158 Å². The Kier molecular flexibility index (Phi) is 7.85. The molecule has 150 valence electrons. The number of hydrogen-bond donors (Lipinski definition) is 1. The van der Waals surface area contributed by atoms with E-state index in [4.69, 9.17) is 14.0 Å². The summed E-state index contributed by atoms with van der Waals surface area (Å²) in [6, 6.07) is -0.320. The molecule has 0 spiro atoms. The summed E-state index contributed by atoms with van der Waals surface area (Å²) in [5.74, 6) is -0.0256. The first-order valence-electron chi connectivity index (χ1n) is 8.95. The van der Waals surface area contributed by atoms with Crippen LogP contribution >= 0.6 is 0 Å². The predicted octanol–water partition coefficient (Wildman–Crippen LogP) is 3.09. The SMILES string of the molecule is C=C(C1CC1)[C@@H](CO[Si](C)(C)C(C)(C)C)NC(=O)OCC(=O)N(C)OC. The molecule has 7 nitrogen and oxygen atoms in total. The van der Waals surface area contributed by atoms with Gasteiger partial charge in [0.05, 0.1) is 19.8 Å². The Morgan fingerprint density at radius 1 is 1.31 bits per heavy atom. The summed E-state index contributed by atoms with van der Waals surface area (Å²) in [5, 5.41) is 3.89. The number of rotatable bonds is 9. The second-order valence-corrected chi connectivity index (χ2v) is 13.1. The highest BCUT2D eigenvalue weighted by Gasteiger charge is 2.39. The maximum Gasteiger partial charge on any atom is 0.408 e. The van der Waals surface area contributed by atoms with Gasteiger partial charge < -0.3 is 14.5 Å². The van der Waals surface area contributed by atoms with E-state index >= 15 is 0 Å². The zero-order chi connectivity index (χ0) is 20.1. The maximum atomic E-state index is 12.1. The number of carbonyl (C=O) groups is 2. The van der Waals surface area contributed by atoms with Crippen molar-refractivity contribution in [1.29, 1.82) is 0 Å². The molecule has 0 bridgehead atoms. The molecule has 0 aromatic carbocycles. The average molecular weight is 387 g/mol. The van der Waals surface area contributed by atoms with Crippen molar-refractivity contribution in [3.05, 3.63) is 12.2 Å². The fourth-order valence-electron chi connectivity index (χ4n) is 1.99. The van der Waals surface area contributed by atoms with Gasteiger partial charge in [-0.15, -0.1) is 0 Å². The average Bonchev–Trinajstić information content (AvgIpc) is 3.38. The van der Waals surface area contributed by atoms with Crippen LogP contribution in [0.15, 0.2) is 12.2 Å². The van der Waals surface area contributed by atoms with Gasteiger partial charge in [-0.25, -0.2) is 9.86 Å². The van der Waals surface area contributed by atoms with E-state index in [1.54, 1.807) is 0 Å². The van der Waals surface area contributed by atoms with Crippen molar-refractivity contribution in [2.45, 2.75) is 57.8 Å². The molecule has 2 amide bonds. The highest BCUT2D eigenvalue weighted by Crippen LogP contribution is 2.39. The van der Waals surface area contributed by atoms with Gasteiger partial charge in [0.15, 0.2) is 14.9 Å². The minimum Gasteiger partial charge on any atom is -0.439 e. The molecule has 0 unspecified atom stereocenters. The van der Waals surface area contributed by atoms with Crippen LogP contribution in [0.3, 0.4) is 0 Å². The fourth-order valence-corrected chi connectivity index (χ4v) is 3.01. The van der Waals surface area contributed by atoms with Gasteiger partial charge >= 0.3 is 6.09 Å². The van der Waals surface area contributed by atoms with Crippen LogP contribution in [0.5, 0.6) is 0 Å². The zero-order valence-electron chi connectivity index (χ0n) is 17.2. The van der Waals surface area contributed by atoms with Gasteiger partial charge in [0, 0.05) is 7.05 Å². The molecular weight excluding hydrogens is 352 g/mol. The Hall–Kier alpha value is -1.38. The third-order valence-electron chi connectivity index (χ3n) is 5.21. The molecule has 26 heavy (non-hydrogen) atoms. The molecule has 1 aliphatic carbocycles. The molecule has 0 aromatic rings. The quantitative estimate of drug-likeness (QED) is 0.374. The third-order valence-corrected chi connectivity index (χ3v) is 9.71. The molecule has 1 rings (SSSR count). The van der Waals surface area contributed by atoms with Crippen LogP contribution in [0.25, 0.3) is 0 Å². The van der Waals surface area contributed by atoms with Crippen LogP contribution in [-0.4, -0.2) is 58.8 Å². The van der Waals surface area contributed by atoms with Crippen LogP contribution in [0.2, 0.25) is 18.1 Å². The molecule has 1 saturated carbocycles. The van der Waals surface area contributed by atoms with Gasteiger partial charge in [-0.1, -0.05) is 27.4 Å². The molecule has 0 aromatic heterocycles. The van der Waals surface area contributed by atoms with Crippen LogP contribution in [0.1, 0.15) is 33.6 Å². The highest BCUT2D eigenvalue weighted by atomic mass is 28.4. The molecule has 0 saturated heterocycles. The van der Waals surface area contributed by atoms with Crippen LogP contribution in [-0.2, 0) is 18.8 Å². The van der Waals surface area contributed by atoms with Crippen LogP contribution < -0.4 is 5.32 Å². The van der Waals surface area contributed by atoms with E-state index in [0.717, 1.165) is 23.5 Å². The molecule has 0 aliphatic heterocycles. The second kappa shape index (κ2) is 9.01. The van der Waals surface area contributed by atoms with Crippen molar-refractivity contribution in [3.63, 3.8) is 0 Å². The van der Waals surface area contributed by atoms with Gasteiger partial charge in [0.1, 0.15) is 0 Å². The number of nitrogens with zero attached hydrogens (tertiary/aromatic N) is 1. The first-order valence-corrected chi connectivity index (χ1v) is 11.9. The van der Waals surface area contributed by atoms with E-state index < -0.39 is 20.3 Å². The minimum atomic E-state index is -1.95. The summed E-state index contributed by atoms with van der Waals surface area (Å²) in [7, 11) is 0.874. The lowest BCUT2D eigenvalue weighted by atomic mass is 10.1. The molecule has 1 aliphatic rings. The van der Waals surface area contributed by atoms with E-state index in [2.05, 4.69) is 45.8 Å². The van der Waals surface area contributed by atoms with Crippen molar-refractivity contribution >= 4 is 20.3 Å². The standard InChI is InChI=1S/C18H34N2O5Si/c1-13(14-9-10-14)15(11-25-26(7,8)18(2,3)4)19-17(22)24-12-16(21)20(5)23-6/h14-15H,1,9-12H2,2-8H3,(H,19,22)/t15-/m1/s1. The topological polar surface area (TPSA) is 77.1 Å². The van der Waals surface area contributed by atoms with E-state index in [1.165, 1.54) is 14.2 Å². The van der Waals surface area contributed by atoms with Gasteiger partial charge in [-0.2, -0.15) is 0 Å². The minimum absolute atomic E-state index is 0.0795. The molecule has 8 heteroatoms. The largest absolute Gasteiger partial charge is 0.439 e. The Morgan fingerprint density at radius 3 is 2.35 bits per heavy atom. The molecule has 1 N–H and O–H groups in total. The molecule has 0 radical (unpaired) electrons. The molecule has 1 fully saturated rings.